The number of hydrogen-bond donors (Lipinski definition) is 2. The molecule has 4 aliphatic rings. The van der Waals surface area contributed by atoms with Gasteiger partial charge in [0.25, 0.3) is 5.91 Å². The molecule has 3 aromatic rings. The highest BCUT2D eigenvalue weighted by atomic mass is 32.2. The molecule has 0 radical (unpaired) electrons. The Kier molecular flexibility index (Phi) is 16.8. The van der Waals surface area contributed by atoms with Gasteiger partial charge in [0.2, 0.25) is 12.1 Å². The first kappa shape index (κ1) is 46.4. The van der Waals surface area contributed by atoms with E-state index < -0.39 is 24.0 Å². The fourth-order valence-electron chi connectivity index (χ4n) is 9.98. The molecule has 11 nitrogen and oxygen atoms in total. The maximum absolute atomic E-state index is 15.0. The van der Waals surface area contributed by atoms with E-state index in [9.17, 15) is 20.3 Å². The van der Waals surface area contributed by atoms with E-state index in [1.807, 2.05) is 35.2 Å². The largest absolute Gasteiger partial charge is 0.493 e. The number of benzene rings is 3. The summed E-state index contributed by atoms with van der Waals surface area (Å²) in [5.41, 5.74) is 3.65. The SMILES string of the molecule is C=CCOC12Oc3ccc(OCCSc4ccccc4)cc3C3C(CCCCO)C(CCCCO)C=C(C(=NOC4CCCCO4)CC1N(CCC)C(=O)c1ccc(C#N)cc1)C32. The minimum atomic E-state index is -1.38. The average Bonchev–Trinajstić information content (AvgIpc) is 3.32. The van der Waals surface area contributed by atoms with E-state index in [1.165, 1.54) is 4.90 Å². The van der Waals surface area contributed by atoms with Crippen molar-refractivity contribution in [1.29, 1.82) is 5.26 Å². The number of unbranched alkanes of at least 4 members (excludes halogenated alkanes) is 2. The smallest absolute Gasteiger partial charge is 0.254 e. The fraction of sp³-hybridized carbons (Fsp3) is 0.510. The van der Waals surface area contributed by atoms with Crippen LogP contribution >= 0.6 is 11.8 Å². The van der Waals surface area contributed by atoms with Gasteiger partial charge < -0.3 is 38.9 Å². The van der Waals surface area contributed by atoms with Gasteiger partial charge in [-0.3, -0.25) is 4.79 Å². The Morgan fingerprint density at radius 2 is 1.84 bits per heavy atom. The lowest BCUT2D eigenvalue weighted by Crippen LogP contribution is -2.70. The van der Waals surface area contributed by atoms with Crippen LogP contribution in [0.15, 0.2) is 107 Å². The molecular weight excluding hydrogens is 815 g/mol. The molecule has 2 aliphatic carbocycles. The van der Waals surface area contributed by atoms with Crippen LogP contribution in [0.25, 0.3) is 0 Å². The number of oxime groups is 1. The lowest BCUT2D eigenvalue weighted by atomic mass is 9.55. The van der Waals surface area contributed by atoms with Gasteiger partial charge in [-0.15, -0.1) is 18.3 Å². The third kappa shape index (κ3) is 10.8. The van der Waals surface area contributed by atoms with Crippen LogP contribution in [-0.2, 0) is 14.3 Å². The van der Waals surface area contributed by atoms with Crippen molar-refractivity contribution in [2.75, 3.05) is 45.3 Å². The number of carbonyl (C=O) groups excluding carboxylic acids is 1. The highest BCUT2D eigenvalue weighted by Crippen LogP contribution is 2.62. The van der Waals surface area contributed by atoms with Crippen LogP contribution in [-0.4, -0.2) is 90.2 Å². The fourth-order valence-corrected chi connectivity index (χ4v) is 10.7. The van der Waals surface area contributed by atoms with Crippen LogP contribution in [0.4, 0.5) is 0 Å². The van der Waals surface area contributed by atoms with Gasteiger partial charge in [0.05, 0.1) is 43.1 Å². The van der Waals surface area contributed by atoms with Crippen molar-refractivity contribution in [2.45, 2.75) is 106 Å². The first-order valence-electron chi connectivity index (χ1n) is 22.9. The van der Waals surface area contributed by atoms with Crippen molar-refractivity contribution >= 4 is 23.4 Å². The highest BCUT2D eigenvalue weighted by molar-refractivity contribution is 7.99. The van der Waals surface area contributed by atoms with Crippen molar-refractivity contribution in [2.24, 2.45) is 22.9 Å². The van der Waals surface area contributed by atoms with Crippen LogP contribution in [0.1, 0.15) is 105 Å². The van der Waals surface area contributed by atoms with Crippen molar-refractivity contribution in [3.8, 4) is 17.6 Å². The molecule has 0 aromatic heterocycles. The summed E-state index contributed by atoms with van der Waals surface area (Å²) >= 11 is 1.75. The zero-order chi connectivity index (χ0) is 44.0. The zero-order valence-corrected chi connectivity index (χ0v) is 37.4. The summed E-state index contributed by atoms with van der Waals surface area (Å²) in [6.45, 7) is 8.03. The van der Waals surface area contributed by atoms with Crippen molar-refractivity contribution in [3.05, 3.63) is 114 Å². The summed E-state index contributed by atoms with van der Waals surface area (Å²) in [5.74, 6) is 0.183. The van der Waals surface area contributed by atoms with Crippen LogP contribution in [0.2, 0.25) is 0 Å². The summed E-state index contributed by atoms with van der Waals surface area (Å²) in [4.78, 5) is 24.3. The van der Waals surface area contributed by atoms with E-state index in [1.54, 1.807) is 42.1 Å². The van der Waals surface area contributed by atoms with Gasteiger partial charge in [-0.2, -0.15) is 5.26 Å². The highest BCUT2D eigenvalue weighted by Gasteiger charge is 2.65. The zero-order valence-electron chi connectivity index (χ0n) is 36.6. The molecule has 7 atom stereocenters. The third-order valence-electron chi connectivity index (χ3n) is 12.8. The molecule has 1 amide bonds. The molecule has 2 fully saturated rings. The Bertz CT molecular complexity index is 2070. The topological polar surface area (TPSA) is 143 Å². The Hall–Kier alpha value is -4.64. The molecule has 2 heterocycles. The minimum absolute atomic E-state index is 0.0821. The average molecular weight is 878 g/mol. The van der Waals surface area contributed by atoms with Crippen LogP contribution in [0.5, 0.6) is 11.5 Å². The second-order valence-corrected chi connectivity index (χ2v) is 18.0. The van der Waals surface area contributed by atoms with Crippen molar-refractivity contribution in [3.63, 3.8) is 0 Å². The number of nitrogens with zero attached hydrogens (tertiary/aromatic N) is 3. The van der Waals surface area contributed by atoms with Crippen molar-refractivity contribution < 1.29 is 38.8 Å². The number of carbonyl (C=O) groups is 1. The van der Waals surface area contributed by atoms with Gasteiger partial charge in [-0.25, -0.2) is 0 Å². The maximum atomic E-state index is 15.0. The summed E-state index contributed by atoms with van der Waals surface area (Å²) in [6, 6.07) is 24.7. The van der Waals surface area contributed by atoms with Crippen molar-refractivity contribution in [1.82, 2.24) is 4.90 Å². The molecule has 7 rings (SSSR count). The Labute approximate surface area is 377 Å². The minimum Gasteiger partial charge on any atom is -0.493 e. The Balaban J connectivity index is 1.38. The van der Waals surface area contributed by atoms with Gasteiger partial charge in [-0.05, 0) is 117 Å². The second-order valence-electron chi connectivity index (χ2n) is 16.9. The van der Waals surface area contributed by atoms with Crippen LogP contribution in [0, 0.1) is 29.1 Å². The number of aliphatic hydroxyl groups is 2. The third-order valence-corrected chi connectivity index (χ3v) is 13.8. The van der Waals surface area contributed by atoms with Gasteiger partial charge in [0, 0.05) is 60.3 Å². The number of allylic oxidation sites excluding steroid dienone is 1. The van der Waals surface area contributed by atoms with E-state index in [0.29, 0.717) is 55.9 Å². The number of hydrogen-bond acceptors (Lipinski definition) is 11. The van der Waals surface area contributed by atoms with Gasteiger partial charge in [0.15, 0.2) is 0 Å². The lowest BCUT2D eigenvalue weighted by Gasteiger charge is -2.60. The Morgan fingerprint density at radius 3 is 2.56 bits per heavy atom. The number of aliphatic hydroxyl groups excluding tert-OH is 2. The number of fused-ring (bicyclic) bond motifs is 2. The summed E-state index contributed by atoms with van der Waals surface area (Å²) in [5, 5.41) is 34.5. The molecule has 0 bridgehead atoms. The number of nitriles is 1. The molecular formula is C51H63N3O8S. The van der Waals surface area contributed by atoms with E-state index in [0.717, 1.165) is 73.3 Å². The number of ether oxygens (including phenoxy) is 4. The molecule has 2 N–H and O–H groups in total. The van der Waals surface area contributed by atoms with E-state index >= 15 is 0 Å². The normalized spacial score (nSPS) is 25.4. The number of thioether (sulfide) groups is 1. The molecule has 1 saturated heterocycles. The molecule has 3 aromatic carbocycles. The van der Waals surface area contributed by atoms with E-state index in [4.69, 9.17) is 28.9 Å². The van der Waals surface area contributed by atoms with Gasteiger partial charge >= 0.3 is 0 Å². The molecule has 63 heavy (non-hydrogen) atoms. The molecule has 1 saturated carbocycles. The summed E-state index contributed by atoms with van der Waals surface area (Å²) in [7, 11) is 0. The van der Waals surface area contributed by atoms with Gasteiger partial charge in [0.1, 0.15) is 17.5 Å². The standard InChI is InChI=1S/C51H63N3O8S/c1-3-25-54(50(57)37-21-19-36(35-52)20-22-37)46-34-44(53-62-47-18-10-13-29-59-47)42-32-38(14-8-11-26-55)41(17-9-12-27-56)48-43-33-39(58-30-31-63-40-15-6-5-7-16-40)23-24-45(43)61-51(46,49(42)48)60-28-4-2/h4-7,15-16,19-24,32-33,38,41,46-49,55-56H,2-3,8-14,17-18,25-31,34H2,1H3. The second kappa shape index (κ2) is 22.8. The lowest BCUT2D eigenvalue weighted by molar-refractivity contribution is -0.254. The predicted molar refractivity (Wildman–Crippen MR) is 245 cm³/mol. The first-order chi connectivity index (χ1) is 30.9. The summed E-state index contributed by atoms with van der Waals surface area (Å²) < 4.78 is 27.0. The first-order valence-corrected chi connectivity index (χ1v) is 23.9. The summed E-state index contributed by atoms with van der Waals surface area (Å²) in [6.07, 6.45) is 12.0. The monoisotopic (exact) mass is 877 g/mol. The number of rotatable bonds is 22. The van der Waals surface area contributed by atoms with Crippen LogP contribution < -0.4 is 9.47 Å². The number of amides is 1. The quantitative estimate of drug-likeness (QED) is 0.0434. The maximum Gasteiger partial charge on any atom is 0.254 e. The molecule has 0 spiro atoms. The Morgan fingerprint density at radius 1 is 1.05 bits per heavy atom. The van der Waals surface area contributed by atoms with E-state index in [-0.39, 0.29) is 49.9 Å². The van der Waals surface area contributed by atoms with E-state index in [2.05, 4.69) is 43.8 Å². The molecule has 7 unspecified atom stereocenters. The molecule has 336 valence electrons. The molecule has 2 aliphatic heterocycles. The predicted octanol–water partition coefficient (Wildman–Crippen LogP) is 9.44. The van der Waals surface area contributed by atoms with Crippen LogP contribution in [0.3, 0.4) is 0 Å². The van der Waals surface area contributed by atoms with Gasteiger partial charge in [-0.1, -0.05) is 55.3 Å². The molecule has 12 heteroatoms.